The van der Waals surface area contributed by atoms with E-state index in [0.717, 1.165) is 55.5 Å². The van der Waals surface area contributed by atoms with Crippen LogP contribution in [0.15, 0.2) is 48.9 Å². The summed E-state index contributed by atoms with van der Waals surface area (Å²) in [7, 11) is 0. The highest BCUT2D eigenvalue weighted by Crippen LogP contribution is 2.28. The van der Waals surface area contributed by atoms with E-state index in [0.29, 0.717) is 5.92 Å². The van der Waals surface area contributed by atoms with Gasteiger partial charge in [-0.15, -0.1) is 0 Å². The minimum Gasteiger partial charge on any atom is -0.348 e. The number of hydrogen-bond acceptors (Lipinski definition) is 5. The second kappa shape index (κ2) is 7.66. The number of anilines is 2. The van der Waals surface area contributed by atoms with E-state index in [1.807, 2.05) is 43.7 Å². The van der Waals surface area contributed by atoms with Crippen molar-refractivity contribution in [3.05, 3.63) is 66.1 Å². The second-order valence-electron chi connectivity index (χ2n) is 6.85. The number of rotatable bonds is 5. The second-order valence-corrected chi connectivity index (χ2v) is 6.85. The summed E-state index contributed by atoms with van der Waals surface area (Å²) in [6, 6.07) is 10.2. The van der Waals surface area contributed by atoms with Crippen LogP contribution in [0.3, 0.4) is 0 Å². The first-order valence-corrected chi connectivity index (χ1v) is 9.13. The normalized spacial score (nSPS) is 15.9. The zero-order valence-electron chi connectivity index (χ0n) is 15.0. The van der Waals surface area contributed by atoms with E-state index < -0.39 is 0 Å². The summed E-state index contributed by atoms with van der Waals surface area (Å²) in [6.07, 6.45) is 7.89. The quantitative estimate of drug-likeness (QED) is 0.737. The summed E-state index contributed by atoms with van der Waals surface area (Å²) in [6.45, 7) is 5.06. The van der Waals surface area contributed by atoms with Gasteiger partial charge >= 0.3 is 0 Å². The number of piperidine rings is 1. The highest BCUT2D eigenvalue weighted by Gasteiger charge is 2.22. The molecule has 6 heteroatoms. The average molecular weight is 348 g/mol. The molecule has 0 atom stereocenters. The van der Waals surface area contributed by atoms with Gasteiger partial charge in [0.1, 0.15) is 11.6 Å². The van der Waals surface area contributed by atoms with Gasteiger partial charge in [-0.25, -0.2) is 9.97 Å². The smallest absolute Gasteiger partial charge is 0.130 e. The van der Waals surface area contributed by atoms with E-state index >= 15 is 0 Å². The van der Waals surface area contributed by atoms with E-state index in [1.54, 1.807) is 0 Å². The lowest BCUT2D eigenvalue weighted by Gasteiger charge is -2.31. The minimum atomic E-state index is 0.536. The number of imidazole rings is 1. The van der Waals surface area contributed by atoms with Crippen molar-refractivity contribution >= 4 is 11.5 Å². The Balaban J connectivity index is 1.33. The van der Waals surface area contributed by atoms with Gasteiger partial charge in [-0.2, -0.15) is 0 Å². The molecule has 3 aromatic rings. The molecule has 4 heterocycles. The lowest BCUT2D eigenvalue weighted by molar-refractivity contribution is 0.199. The molecular weight excluding hydrogens is 324 g/mol. The van der Waals surface area contributed by atoms with Crippen molar-refractivity contribution in [2.75, 3.05) is 18.4 Å². The Morgan fingerprint density at radius 3 is 2.73 bits per heavy atom. The lowest BCUT2D eigenvalue weighted by Crippen LogP contribution is -2.33. The Bertz CT molecular complexity index is 820. The van der Waals surface area contributed by atoms with Crippen LogP contribution >= 0.6 is 0 Å². The molecule has 26 heavy (non-hydrogen) atoms. The van der Waals surface area contributed by atoms with Crippen LogP contribution in [0, 0.1) is 6.92 Å². The van der Waals surface area contributed by atoms with Crippen molar-refractivity contribution in [2.45, 2.75) is 32.2 Å². The number of likely N-dealkylation sites (tertiary alicyclic amines) is 1. The lowest BCUT2D eigenvalue weighted by atomic mass is 9.93. The third-order valence-corrected chi connectivity index (χ3v) is 4.88. The maximum Gasteiger partial charge on any atom is 0.130 e. The van der Waals surface area contributed by atoms with Crippen LogP contribution in [0.5, 0.6) is 0 Å². The Hall–Kier alpha value is -2.73. The van der Waals surface area contributed by atoms with Gasteiger partial charge in [-0.05, 0) is 57.1 Å². The molecular formula is C20H24N6. The summed E-state index contributed by atoms with van der Waals surface area (Å²) in [5, 5.41) is 3.31. The van der Waals surface area contributed by atoms with Gasteiger partial charge in [-0.1, -0.05) is 6.07 Å². The number of nitrogens with one attached hydrogen (secondary N) is 2. The topological polar surface area (TPSA) is 69.7 Å². The first kappa shape index (κ1) is 16.7. The van der Waals surface area contributed by atoms with Crippen molar-refractivity contribution in [2.24, 2.45) is 0 Å². The molecule has 0 unspecified atom stereocenters. The van der Waals surface area contributed by atoms with Crippen molar-refractivity contribution in [3.8, 4) is 0 Å². The fourth-order valence-electron chi connectivity index (χ4n) is 3.46. The molecule has 0 aromatic carbocycles. The van der Waals surface area contributed by atoms with Crippen LogP contribution < -0.4 is 5.32 Å². The molecule has 1 saturated heterocycles. The van der Waals surface area contributed by atoms with Crippen LogP contribution in [0.25, 0.3) is 0 Å². The molecule has 6 nitrogen and oxygen atoms in total. The van der Waals surface area contributed by atoms with Crippen LogP contribution in [0.1, 0.15) is 36.0 Å². The molecule has 0 bridgehead atoms. The number of nitrogens with zero attached hydrogens (tertiary/aromatic N) is 4. The third-order valence-electron chi connectivity index (χ3n) is 4.88. The van der Waals surface area contributed by atoms with Crippen molar-refractivity contribution < 1.29 is 0 Å². The molecule has 0 spiro atoms. The largest absolute Gasteiger partial charge is 0.348 e. The van der Waals surface area contributed by atoms with E-state index in [4.69, 9.17) is 4.98 Å². The summed E-state index contributed by atoms with van der Waals surface area (Å²) in [4.78, 5) is 19.1. The third kappa shape index (κ3) is 4.08. The van der Waals surface area contributed by atoms with Crippen molar-refractivity contribution in [1.29, 1.82) is 0 Å². The highest BCUT2D eigenvalue weighted by molar-refractivity contribution is 5.54. The summed E-state index contributed by atoms with van der Waals surface area (Å²) < 4.78 is 0. The predicted molar refractivity (Wildman–Crippen MR) is 102 cm³/mol. The fourth-order valence-corrected chi connectivity index (χ4v) is 3.46. The summed E-state index contributed by atoms with van der Waals surface area (Å²) in [5.74, 6) is 2.43. The molecule has 134 valence electrons. The van der Waals surface area contributed by atoms with Crippen LogP contribution in [-0.2, 0) is 6.54 Å². The molecule has 2 N–H and O–H groups in total. The SMILES string of the molecule is Cc1cccc(Nc2ccc(C3CCN(Cc4ncc[nH]4)CC3)nc2)n1. The van der Waals surface area contributed by atoms with Gasteiger partial charge in [0.2, 0.25) is 0 Å². The molecule has 4 rings (SSSR count). The zero-order chi connectivity index (χ0) is 17.8. The van der Waals surface area contributed by atoms with Gasteiger partial charge in [0.25, 0.3) is 0 Å². The van der Waals surface area contributed by atoms with E-state index in [9.17, 15) is 0 Å². The molecule has 0 saturated carbocycles. The van der Waals surface area contributed by atoms with Crippen LogP contribution in [0.4, 0.5) is 11.5 Å². The van der Waals surface area contributed by atoms with Gasteiger partial charge in [0.05, 0.1) is 18.4 Å². The monoisotopic (exact) mass is 348 g/mol. The van der Waals surface area contributed by atoms with Gasteiger partial charge in [0.15, 0.2) is 0 Å². The van der Waals surface area contributed by atoms with Gasteiger partial charge < -0.3 is 10.3 Å². The Kier molecular flexibility index (Phi) is 4.93. The van der Waals surface area contributed by atoms with Gasteiger partial charge in [-0.3, -0.25) is 9.88 Å². The molecule has 1 aliphatic rings. The molecule has 0 amide bonds. The number of hydrogen-bond donors (Lipinski definition) is 2. The molecule has 3 aromatic heterocycles. The maximum absolute atomic E-state index is 4.69. The van der Waals surface area contributed by atoms with Crippen molar-refractivity contribution in [3.63, 3.8) is 0 Å². The van der Waals surface area contributed by atoms with E-state index in [2.05, 4.69) is 37.3 Å². The fraction of sp³-hybridized carbons (Fsp3) is 0.350. The van der Waals surface area contributed by atoms with Crippen LogP contribution in [-0.4, -0.2) is 37.9 Å². The molecule has 1 fully saturated rings. The molecule has 1 aliphatic heterocycles. The van der Waals surface area contributed by atoms with Gasteiger partial charge in [0, 0.05) is 29.7 Å². The number of pyridine rings is 2. The number of aryl methyl sites for hydroxylation is 1. The number of H-pyrrole nitrogens is 1. The Morgan fingerprint density at radius 1 is 1.15 bits per heavy atom. The first-order valence-electron chi connectivity index (χ1n) is 9.13. The first-order chi connectivity index (χ1) is 12.8. The standard InChI is InChI=1S/C20H24N6/c1-15-3-2-4-19(24-15)25-17-5-6-18(23-13-17)16-7-11-26(12-8-16)14-20-21-9-10-22-20/h2-6,9-10,13,16H,7-8,11-12,14H2,1H3,(H,21,22)(H,24,25). The summed E-state index contributed by atoms with van der Waals surface area (Å²) in [5.41, 5.74) is 3.16. The van der Waals surface area contributed by atoms with Crippen LogP contribution in [0.2, 0.25) is 0 Å². The number of aromatic amines is 1. The van der Waals surface area contributed by atoms with E-state index in [-0.39, 0.29) is 0 Å². The molecule has 0 aliphatic carbocycles. The average Bonchev–Trinajstić information content (AvgIpc) is 3.16. The number of aromatic nitrogens is 4. The minimum absolute atomic E-state index is 0.536. The summed E-state index contributed by atoms with van der Waals surface area (Å²) >= 11 is 0. The van der Waals surface area contributed by atoms with Crippen molar-refractivity contribution in [1.82, 2.24) is 24.8 Å². The Morgan fingerprint density at radius 2 is 2.04 bits per heavy atom. The highest BCUT2D eigenvalue weighted by atomic mass is 15.2. The zero-order valence-corrected chi connectivity index (χ0v) is 15.0. The Labute approximate surface area is 153 Å². The maximum atomic E-state index is 4.69. The molecule has 0 radical (unpaired) electrons. The predicted octanol–water partition coefficient (Wildman–Crippen LogP) is 3.63. The van der Waals surface area contributed by atoms with E-state index in [1.165, 1.54) is 5.69 Å².